The van der Waals surface area contributed by atoms with Crippen molar-refractivity contribution in [3.63, 3.8) is 0 Å². The first kappa shape index (κ1) is 25.6. The summed E-state index contributed by atoms with van der Waals surface area (Å²) in [5.41, 5.74) is 6.30. The number of rotatable bonds is 6. The Morgan fingerprint density at radius 1 is 1.23 bits per heavy atom. The Morgan fingerprint density at radius 2 is 2.03 bits per heavy atom. The van der Waals surface area contributed by atoms with Crippen LogP contribution >= 0.6 is 0 Å². The molecule has 0 saturated heterocycles. The smallest absolute Gasteiger partial charge is 0.408 e. The largest absolute Gasteiger partial charge is 0.435 e. The van der Waals surface area contributed by atoms with Gasteiger partial charge in [0.15, 0.2) is 11.4 Å². The zero-order valence-electron chi connectivity index (χ0n) is 20.2. The third-order valence-corrected chi connectivity index (χ3v) is 5.76. The van der Waals surface area contributed by atoms with E-state index >= 15 is 0 Å². The molecule has 0 saturated carbocycles. The molecule has 0 unspecified atom stereocenters. The monoisotopic (exact) mass is 540 g/mol. The number of nitrogens with one attached hydrogen (secondary N) is 3. The number of hydrogen-bond acceptors (Lipinski definition) is 6. The third-order valence-electron chi connectivity index (χ3n) is 5.76. The molecule has 0 aliphatic heterocycles. The predicted octanol–water partition coefficient (Wildman–Crippen LogP) is 4.71. The number of ether oxygens (including phenoxy) is 1. The number of H-pyrrole nitrogens is 1. The summed E-state index contributed by atoms with van der Waals surface area (Å²) < 4.78 is 61.5. The summed E-state index contributed by atoms with van der Waals surface area (Å²) in [6.07, 6.45) is 0.120. The summed E-state index contributed by atoms with van der Waals surface area (Å²) in [6.45, 7) is 1.96. The number of aromatic nitrogens is 5. The van der Waals surface area contributed by atoms with E-state index in [0.29, 0.717) is 16.7 Å². The maximum absolute atomic E-state index is 14.8. The van der Waals surface area contributed by atoms with Gasteiger partial charge in [-0.15, -0.1) is 0 Å². The second-order valence-electron chi connectivity index (χ2n) is 8.54. The van der Waals surface area contributed by atoms with E-state index in [1.807, 2.05) is 0 Å². The van der Waals surface area contributed by atoms with Crippen LogP contribution in [-0.2, 0) is 12.6 Å². The number of nitrogens with two attached hydrogens (primary N) is 1. The van der Waals surface area contributed by atoms with Gasteiger partial charge in [-0.05, 0) is 30.7 Å². The SMILES string of the molecule is CCNC(=O)Oc1cc(F)cc2c1[nH]c1ncc(-c3cncc(CC(=N)N)c3)c(-n3ccc(C(F)(F)F)n3)c12. The molecular formula is C25H20F4N8O2. The number of alkyl halides is 3. The molecule has 200 valence electrons. The van der Waals surface area contributed by atoms with Gasteiger partial charge in [-0.3, -0.25) is 10.4 Å². The van der Waals surface area contributed by atoms with Crippen molar-refractivity contribution in [3.8, 4) is 22.6 Å². The number of aromatic amines is 1. The molecule has 14 heteroatoms. The second kappa shape index (κ2) is 9.70. The number of carbonyl (C=O) groups excluding carboxylic acids is 1. The molecule has 0 atom stereocenters. The van der Waals surface area contributed by atoms with E-state index in [1.165, 1.54) is 18.6 Å². The maximum atomic E-state index is 14.8. The predicted molar refractivity (Wildman–Crippen MR) is 134 cm³/mol. The minimum atomic E-state index is -4.71. The molecule has 0 spiro atoms. The van der Waals surface area contributed by atoms with Gasteiger partial charge in [0.25, 0.3) is 0 Å². The molecule has 0 aliphatic rings. The summed E-state index contributed by atoms with van der Waals surface area (Å²) >= 11 is 0. The molecule has 0 radical (unpaired) electrons. The quantitative estimate of drug-likeness (QED) is 0.139. The Bertz CT molecular complexity index is 1740. The summed E-state index contributed by atoms with van der Waals surface area (Å²) in [5.74, 6) is -0.986. The fourth-order valence-corrected chi connectivity index (χ4v) is 4.24. The lowest BCUT2D eigenvalue weighted by atomic mass is 10.0. The van der Waals surface area contributed by atoms with Crippen molar-refractivity contribution in [2.45, 2.75) is 19.5 Å². The second-order valence-corrected chi connectivity index (χ2v) is 8.54. The first-order valence-electron chi connectivity index (χ1n) is 11.5. The number of amidine groups is 1. The van der Waals surface area contributed by atoms with E-state index in [-0.39, 0.29) is 52.2 Å². The van der Waals surface area contributed by atoms with Crippen LogP contribution in [0.1, 0.15) is 18.2 Å². The Labute approximate surface area is 217 Å². The molecule has 39 heavy (non-hydrogen) atoms. The lowest BCUT2D eigenvalue weighted by molar-refractivity contribution is -0.141. The third kappa shape index (κ3) is 4.95. The molecule has 4 heterocycles. The summed E-state index contributed by atoms with van der Waals surface area (Å²) in [4.78, 5) is 23.7. The normalized spacial score (nSPS) is 11.7. The van der Waals surface area contributed by atoms with E-state index in [2.05, 4.69) is 25.4 Å². The van der Waals surface area contributed by atoms with Crippen LogP contribution in [0.25, 0.3) is 38.8 Å². The summed E-state index contributed by atoms with van der Waals surface area (Å²) in [5, 5.41) is 14.2. The fourth-order valence-electron chi connectivity index (χ4n) is 4.24. The van der Waals surface area contributed by atoms with Crippen LogP contribution in [0.15, 0.2) is 49.1 Å². The molecule has 4 aromatic heterocycles. The van der Waals surface area contributed by atoms with Crippen LogP contribution in [0.4, 0.5) is 22.4 Å². The Morgan fingerprint density at radius 3 is 2.72 bits per heavy atom. The van der Waals surface area contributed by atoms with Gasteiger partial charge in [0, 0.05) is 60.3 Å². The lowest BCUT2D eigenvalue weighted by Gasteiger charge is -2.13. The molecule has 5 rings (SSSR count). The fraction of sp³-hybridized carbons (Fsp3) is 0.160. The average Bonchev–Trinajstić information content (AvgIpc) is 3.49. The highest BCUT2D eigenvalue weighted by Crippen LogP contribution is 2.40. The molecule has 5 N–H and O–H groups in total. The number of benzene rings is 1. The van der Waals surface area contributed by atoms with Crippen LogP contribution in [0.5, 0.6) is 5.75 Å². The Balaban J connectivity index is 1.82. The van der Waals surface area contributed by atoms with Crippen LogP contribution < -0.4 is 15.8 Å². The van der Waals surface area contributed by atoms with Gasteiger partial charge < -0.3 is 20.8 Å². The first-order chi connectivity index (χ1) is 18.5. The van der Waals surface area contributed by atoms with E-state index in [4.69, 9.17) is 15.9 Å². The number of carbonyl (C=O) groups is 1. The van der Waals surface area contributed by atoms with Gasteiger partial charge in [0.05, 0.1) is 22.4 Å². The van der Waals surface area contributed by atoms with E-state index in [1.54, 1.807) is 13.0 Å². The highest BCUT2D eigenvalue weighted by molar-refractivity contribution is 6.14. The average molecular weight is 540 g/mol. The van der Waals surface area contributed by atoms with Crippen molar-refractivity contribution in [1.82, 2.24) is 30.0 Å². The number of fused-ring (bicyclic) bond motifs is 3. The minimum absolute atomic E-state index is 0.101. The van der Waals surface area contributed by atoms with Gasteiger partial charge >= 0.3 is 12.3 Å². The summed E-state index contributed by atoms with van der Waals surface area (Å²) in [7, 11) is 0. The minimum Gasteiger partial charge on any atom is -0.408 e. The van der Waals surface area contributed by atoms with Crippen molar-refractivity contribution < 1.29 is 27.1 Å². The van der Waals surface area contributed by atoms with Crippen LogP contribution in [0.3, 0.4) is 0 Å². The number of nitrogens with zero attached hydrogens (tertiary/aromatic N) is 4. The van der Waals surface area contributed by atoms with Crippen LogP contribution in [0, 0.1) is 11.2 Å². The molecular weight excluding hydrogens is 520 g/mol. The topological polar surface area (TPSA) is 148 Å². The Kier molecular flexibility index (Phi) is 6.38. The molecule has 1 amide bonds. The van der Waals surface area contributed by atoms with Crippen molar-refractivity contribution >= 4 is 33.9 Å². The van der Waals surface area contributed by atoms with E-state index in [0.717, 1.165) is 29.1 Å². The van der Waals surface area contributed by atoms with Crippen LogP contribution in [-0.4, -0.2) is 43.2 Å². The van der Waals surface area contributed by atoms with Gasteiger partial charge in [0.2, 0.25) is 0 Å². The van der Waals surface area contributed by atoms with E-state index < -0.39 is 23.8 Å². The van der Waals surface area contributed by atoms with Gasteiger partial charge in [-0.2, -0.15) is 18.3 Å². The molecule has 0 bridgehead atoms. The number of amides is 1. The summed E-state index contributed by atoms with van der Waals surface area (Å²) in [6, 6.07) is 4.66. The lowest BCUT2D eigenvalue weighted by Crippen LogP contribution is -2.26. The maximum Gasteiger partial charge on any atom is 0.435 e. The number of pyridine rings is 2. The van der Waals surface area contributed by atoms with Crippen molar-refractivity contribution in [1.29, 1.82) is 5.41 Å². The number of halogens is 4. The van der Waals surface area contributed by atoms with Gasteiger partial charge in [-0.1, -0.05) is 0 Å². The zero-order chi connectivity index (χ0) is 27.9. The number of hydrogen-bond donors (Lipinski definition) is 4. The van der Waals surface area contributed by atoms with Crippen LogP contribution in [0.2, 0.25) is 0 Å². The standard InChI is InChI=1S/C25H20F4N8O2/c1-2-33-24(38)39-17-8-14(26)7-15-20-22(37-4-3-18(36-37)25(27,28)29)16(11-34-23(20)35-21(15)17)13-5-12(6-19(30)31)9-32-10-13/h3-5,7-11H,2,6H2,1H3,(H3,30,31)(H,33,38)(H,34,35). The molecule has 1 aromatic carbocycles. The zero-order valence-corrected chi connectivity index (χ0v) is 20.2. The van der Waals surface area contributed by atoms with E-state index in [9.17, 15) is 22.4 Å². The molecule has 10 nitrogen and oxygen atoms in total. The first-order valence-corrected chi connectivity index (χ1v) is 11.5. The van der Waals surface area contributed by atoms with Gasteiger partial charge in [-0.25, -0.2) is 18.9 Å². The highest BCUT2D eigenvalue weighted by atomic mass is 19.4. The van der Waals surface area contributed by atoms with Crippen molar-refractivity contribution in [3.05, 3.63) is 66.1 Å². The molecule has 0 aliphatic carbocycles. The van der Waals surface area contributed by atoms with Gasteiger partial charge in [0.1, 0.15) is 11.5 Å². The van der Waals surface area contributed by atoms with Crippen molar-refractivity contribution in [2.75, 3.05) is 6.54 Å². The van der Waals surface area contributed by atoms with Crippen molar-refractivity contribution in [2.24, 2.45) is 5.73 Å². The highest BCUT2D eigenvalue weighted by Gasteiger charge is 2.34. The molecule has 5 aromatic rings. The molecule has 0 fully saturated rings. The Hall–Kier alpha value is -5.01.